The lowest BCUT2D eigenvalue weighted by Gasteiger charge is -2.30. The van der Waals surface area contributed by atoms with Crippen LogP contribution in [0.4, 0.5) is 8.78 Å². The van der Waals surface area contributed by atoms with Crippen LogP contribution < -0.4 is 11.3 Å². The fourth-order valence-electron chi connectivity index (χ4n) is 2.71. The molecule has 0 spiro atoms. The van der Waals surface area contributed by atoms with E-state index in [1.807, 2.05) is 0 Å². The van der Waals surface area contributed by atoms with Gasteiger partial charge >= 0.3 is 0 Å². The highest BCUT2D eigenvalue weighted by Crippen LogP contribution is 2.35. The number of hydrazine groups is 1. The second-order valence-electron chi connectivity index (χ2n) is 4.69. The molecular formula is C13H18F2N2. The van der Waals surface area contributed by atoms with Gasteiger partial charge in [0.2, 0.25) is 0 Å². The van der Waals surface area contributed by atoms with Crippen LogP contribution >= 0.6 is 0 Å². The molecule has 2 nitrogen and oxygen atoms in total. The molecule has 17 heavy (non-hydrogen) atoms. The highest BCUT2D eigenvalue weighted by Gasteiger charge is 2.27. The average Bonchev–Trinajstić information content (AvgIpc) is 2.37. The SMILES string of the molecule is NNC(c1cccc(F)c1F)C1CCCCC1. The molecule has 1 aliphatic rings. The largest absolute Gasteiger partial charge is 0.271 e. The van der Waals surface area contributed by atoms with Crippen LogP contribution in [0.5, 0.6) is 0 Å². The van der Waals surface area contributed by atoms with Gasteiger partial charge < -0.3 is 0 Å². The van der Waals surface area contributed by atoms with Crippen molar-refractivity contribution in [1.82, 2.24) is 5.43 Å². The zero-order valence-corrected chi connectivity index (χ0v) is 9.76. The van der Waals surface area contributed by atoms with Crippen molar-refractivity contribution in [3.05, 3.63) is 35.4 Å². The Morgan fingerprint density at radius 2 is 1.88 bits per heavy atom. The van der Waals surface area contributed by atoms with Crippen molar-refractivity contribution in [2.24, 2.45) is 11.8 Å². The minimum absolute atomic E-state index is 0.286. The summed E-state index contributed by atoms with van der Waals surface area (Å²) in [6.07, 6.45) is 5.54. The van der Waals surface area contributed by atoms with E-state index in [2.05, 4.69) is 5.43 Å². The molecule has 1 saturated carbocycles. The van der Waals surface area contributed by atoms with Gasteiger partial charge in [0.25, 0.3) is 0 Å². The van der Waals surface area contributed by atoms with Crippen LogP contribution in [0.1, 0.15) is 43.7 Å². The van der Waals surface area contributed by atoms with Gasteiger partial charge in [-0.05, 0) is 24.8 Å². The van der Waals surface area contributed by atoms with Crippen LogP contribution in [0.25, 0.3) is 0 Å². The maximum atomic E-state index is 13.7. The van der Waals surface area contributed by atoms with Crippen molar-refractivity contribution in [1.29, 1.82) is 0 Å². The maximum Gasteiger partial charge on any atom is 0.163 e. The van der Waals surface area contributed by atoms with Crippen molar-refractivity contribution < 1.29 is 8.78 Å². The number of hydrogen-bond acceptors (Lipinski definition) is 2. The fourth-order valence-corrected chi connectivity index (χ4v) is 2.71. The van der Waals surface area contributed by atoms with Crippen LogP contribution in [0.15, 0.2) is 18.2 Å². The zero-order valence-electron chi connectivity index (χ0n) is 9.76. The molecular weight excluding hydrogens is 222 g/mol. The molecule has 1 aromatic rings. The van der Waals surface area contributed by atoms with Crippen molar-refractivity contribution >= 4 is 0 Å². The Morgan fingerprint density at radius 1 is 1.18 bits per heavy atom. The van der Waals surface area contributed by atoms with Crippen molar-refractivity contribution in [2.45, 2.75) is 38.1 Å². The van der Waals surface area contributed by atoms with Crippen LogP contribution in [-0.2, 0) is 0 Å². The lowest BCUT2D eigenvalue weighted by Crippen LogP contribution is -2.35. The lowest BCUT2D eigenvalue weighted by molar-refractivity contribution is 0.267. The molecule has 0 radical (unpaired) electrons. The van der Waals surface area contributed by atoms with E-state index in [0.29, 0.717) is 11.5 Å². The summed E-state index contributed by atoms with van der Waals surface area (Å²) < 4.78 is 26.9. The van der Waals surface area contributed by atoms with E-state index in [9.17, 15) is 8.78 Å². The third kappa shape index (κ3) is 2.64. The van der Waals surface area contributed by atoms with Crippen molar-refractivity contribution in [3.63, 3.8) is 0 Å². The summed E-state index contributed by atoms with van der Waals surface area (Å²) in [7, 11) is 0. The van der Waals surface area contributed by atoms with Crippen LogP contribution in [0.2, 0.25) is 0 Å². The van der Waals surface area contributed by atoms with Gasteiger partial charge in [-0.15, -0.1) is 0 Å². The van der Waals surface area contributed by atoms with Crippen molar-refractivity contribution in [2.75, 3.05) is 0 Å². The van der Waals surface area contributed by atoms with Gasteiger partial charge in [0, 0.05) is 5.56 Å². The van der Waals surface area contributed by atoms with Gasteiger partial charge in [-0.1, -0.05) is 31.4 Å². The lowest BCUT2D eigenvalue weighted by atomic mass is 9.81. The topological polar surface area (TPSA) is 38.0 Å². The Bertz CT molecular complexity index is 376. The molecule has 1 unspecified atom stereocenters. The monoisotopic (exact) mass is 240 g/mol. The highest BCUT2D eigenvalue weighted by molar-refractivity contribution is 5.23. The van der Waals surface area contributed by atoms with Crippen LogP contribution in [-0.4, -0.2) is 0 Å². The molecule has 0 aliphatic heterocycles. The first kappa shape index (κ1) is 12.5. The smallest absolute Gasteiger partial charge is 0.163 e. The molecule has 1 aliphatic carbocycles. The minimum atomic E-state index is -0.807. The highest BCUT2D eigenvalue weighted by atomic mass is 19.2. The molecule has 0 amide bonds. The molecule has 94 valence electrons. The molecule has 1 aromatic carbocycles. The summed E-state index contributed by atoms with van der Waals surface area (Å²) in [5.41, 5.74) is 3.00. The molecule has 0 heterocycles. The van der Waals surface area contributed by atoms with Gasteiger partial charge in [-0.25, -0.2) is 8.78 Å². The van der Waals surface area contributed by atoms with Gasteiger partial charge in [-0.3, -0.25) is 11.3 Å². The number of rotatable bonds is 3. The number of hydrogen-bond donors (Lipinski definition) is 2. The maximum absolute atomic E-state index is 13.7. The van der Waals surface area contributed by atoms with Gasteiger partial charge in [0.05, 0.1) is 6.04 Å². The quantitative estimate of drug-likeness (QED) is 0.629. The summed E-state index contributed by atoms with van der Waals surface area (Å²) >= 11 is 0. The second-order valence-corrected chi connectivity index (χ2v) is 4.69. The molecule has 3 N–H and O–H groups in total. The van der Waals surface area contributed by atoms with Crippen LogP contribution in [0.3, 0.4) is 0 Å². The third-order valence-corrected chi connectivity index (χ3v) is 3.62. The Hall–Kier alpha value is -1.00. The number of nitrogens with one attached hydrogen (secondary N) is 1. The summed E-state index contributed by atoms with van der Waals surface area (Å²) in [5.74, 6) is 4.23. The number of nitrogens with two attached hydrogens (primary N) is 1. The molecule has 0 aromatic heterocycles. The van der Waals surface area contributed by atoms with E-state index >= 15 is 0 Å². The normalized spacial score (nSPS) is 19.2. The summed E-state index contributed by atoms with van der Waals surface area (Å²) in [6.45, 7) is 0. The van der Waals surface area contributed by atoms with Crippen molar-refractivity contribution in [3.8, 4) is 0 Å². The molecule has 4 heteroatoms. The summed E-state index contributed by atoms with van der Waals surface area (Å²) in [5, 5.41) is 0. The number of benzene rings is 1. The molecule has 0 bridgehead atoms. The first-order valence-corrected chi connectivity index (χ1v) is 6.14. The van der Waals surface area contributed by atoms with E-state index in [4.69, 9.17) is 5.84 Å². The molecule has 1 atom stereocenters. The first-order valence-electron chi connectivity index (χ1n) is 6.14. The van der Waals surface area contributed by atoms with E-state index in [1.165, 1.54) is 12.5 Å². The van der Waals surface area contributed by atoms with E-state index in [-0.39, 0.29) is 6.04 Å². The van der Waals surface area contributed by atoms with E-state index in [0.717, 1.165) is 31.7 Å². The van der Waals surface area contributed by atoms with Crippen LogP contribution in [0, 0.1) is 17.6 Å². The fraction of sp³-hybridized carbons (Fsp3) is 0.538. The predicted octanol–water partition coefficient (Wildman–Crippen LogP) is 3.05. The zero-order chi connectivity index (χ0) is 12.3. The Labute approximate surface area is 100 Å². The standard InChI is InChI=1S/C13H18F2N2/c14-11-8-4-7-10(12(11)15)13(17-16)9-5-2-1-3-6-9/h4,7-9,13,17H,1-3,5-6,16H2. The molecule has 0 saturated heterocycles. The summed E-state index contributed by atoms with van der Waals surface area (Å²) in [6, 6.07) is 3.98. The van der Waals surface area contributed by atoms with Gasteiger partial charge in [0.1, 0.15) is 0 Å². The second kappa shape index (κ2) is 5.56. The average molecular weight is 240 g/mol. The first-order chi connectivity index (χ1) is 8.24. The minimum Gasteiger partial charge on any atom is -0.271 e. The van der Waals surface area contributed by atoms with Gasteiger partial charge in [-0.2, -0.15) is 0 Å². The molecule has 1 fully saturated rings. The Kier molecular flexibility index (Phi) is 4.07. The Balaban J connectivity index is 2.24. The third-order valence-electron chi connectivity index (χ3n) is 3.62. The molecule has 2 rings (SSSR count). The summed E-state index contributed by atoms with van der Waals surface area (Å²) in [4.78, 5) is 0. The Morgan fingerprint density at radius 3 is 2.53 bits per heavy atom. The van der Waals surface area contributed by atoms with Gasteiger partial charge in [0.15, 0.2) is 11.6 Å². The number of halogens is 2. The van der Waals surface area contributed by atoms with E-state index < -0.39 is 11.6 Å². The predicted molar refractivity (Wildman–Crippen MR) is 63.0 cm³/mol. The van der Waals surface area contributed by atoms with E-state index in [1.54, 1.807) is 6.07 Å².